The third-order valence-electron chi connectivity index (χ3n) is 5.16. The van der Waals surface area contributed by atoms with Gasteiger partial charge in [-0.05, 0) is 48.4 Å². The highest BCUT2D eigenvalue weighted by atomic mass is 32.2. The van der Waals surface area contributed by atoms with E-state index in [-0.39, 0.29) is 5.91 Å². The van der Waals surface area contributed by atoms with Gasteiger partial charge in [-0.1, -0.05) is 39.5 Å². The van der Waals surface area contributed by atoms with Crippen molar-refractivity contribution >= 4 is 17.7 Å². The Bertz CT molecular complexity index is 809. The number of aromatic nitrogens is 3. The maximum absolute atomic E-state index is 12.8. The number of carbonyl (C=O) groups excluding carboxylic acids is 1. The van der Waals surface area contributed by atoms with Gasteiger partial charge in [-0.3, -0.25) is 4.79 Å². The van der Waals surface area contributed by atoms with E-state index in [0.29, 0.717) is 23.5 Å². The van der Waals surface area contributed by atoms with Crippen LogP contribution in [-0.2, 0) is 11.3 Å². The van der Waals surface area contributed by atoms with Crippen molar-refractivity contribution in [2.24, 2.45) is 17.8 Å². The Labute approximate surface area is 178 Å². The lowest BCUT2D eigenvalue weighted by molar-refractivity contribution is -0.130. The first-order chi connectivity index (χ1) is 13.9. The zero-order valence-corrected chi connectivity index (χ0v) is 18.9. The van der Waals surface area contributed by atoms with Gasteiger partial charge in [-0.15, -0.1) is 10.2 Å². The predicted octanol–water partition coefficient (Wildman–Crippen LogP) is 4.21. The molecule has 3 rings (SSSR count). The van der Waals surface area contributed by atoms with E-state index in [1.807, 2.05) is 29.2 Å². The molecule has 0 N–H and O–H groups in total. The molecular weight excluding hydrogens is 384 g/mol. The smallest absolute Gasteiger partial charge is 0.233 e. The monoisotopic (exact) mass is 416 g/mol. The largest absolute Gasteiger partial charge is 0.497 e. The summed E-state index contributed by atoms with van der Waals surface area (Å²) in [5, 5.41) is 9.65. The third-order valence-corrected chi connectivity index (χ3v) is 6.11. The summed E-state index contributed by atoms with van der Waals surface area (Å²) >= 11 is 1.49. The lowest BCUT2D eigenvalue weighted by Crippen LogP contribution is -2.43. The highest BCUT2D eigenvalue weighted by Crippen LogP contribution is 2.28. The van der Waals surface area contributed by atoms with Crippen molar-refractivity contribution in [1.29, 1.82) is 0 Å². The molecule has 0 bridgehead atoms. The standard InChI is InChI=1S/C22H32N4O2S/c1-15(2)11-26-21(18-6-8-19(28-5)9-7-18)23-24-22(26)29-14-20(27)25-12-16(3)10-17(4)13-25/h6-9,15-17H,10-14H2,1-5H3. The fourth-order valence-corrected chi connectivity index (χ4v) is 4.81. The van der Waals surface area contributed by atoms with Gasteiger partial charge in [-0.2, -0.15) is 0 Å². The number of piperidine rings is 1. The van der Waals surface area contributed by atoms with Gasteiger partial charge >= 0.3 is 0 Å². The van der Waals surface area contributed by atoms with Gasteiger partial charge < -0.3 is 14.2 Å². The number of hydrogen-bond donors (Lipinski definition) is 0. The van der Waals surface area contributed by atoms with E-state index in [0.717, 1.165) is 41.9 Å². The molecule has 1 fully saturated rings. The highest BCUT2D eigenvalue weighted by molar-refractivity contribution is 7.99. The summed E-state index contributed by atoms with van der Waals surface area (Å²) in [6.45, 7) is 11.3. The number of ether oxygens (including phenoxy) is 1. The number of rotatable bonds is 7. The predicted molar refractivity (Wildman–Crippen MR) is 117 cm³/mol. The van der Waals surface area contributed by atoms with E-state index in [1.165, 1.54) is 18.2 Å². The van der Waals surface area contributed by atoms with Crippen molar-refractivity contribution in [1.82, 2.24) is 19.7 Å². The molecule has 1 aliphatic heterocycles. The minimum absolute atomic E-state index is 0.193. The maximum atomic E-state index is 12.8. The molecule has 2 atom stereocenters. The number of likely N-dealkylation sites (tertiary alicyclic amines) is 1. The zero-order valence-electron chi connectivity index (χ0n) is 18.1. The van der Waals surface area contributed by atoms with Crippen molar-refractivity contribution in [2.75, 3.05) is 26.0 Å². The molecule has 1 aromatic carbocycles. The molecule has 1 amide bonds. The van der Waals surface area contributed by atoms with Crippen LogP contribution in [0.2, 0.25) is 0 Å². The minimum atomic E-state index is 0.193. The van der Waals surface area contributed by atoms with Crippen LogP contribution in [-0.4, -0.2) is 51.5 Å². The Morgan fingerprint density at radius 3 is 2.41 bits per heavy atom. The van der Waals surface area contributed by atoms with Gasteiger partial charge in [0.2, 0.25) is 5.91 Å². The molecular formula is C22H32N4O2S. The highest BCUT2D eigenvalue weighted by Gasteiger charge is 2.26. The number of nitrogens with zero attached hydrogens (tertiary/aromatic N) is 4. The van der Waals surface area contributed by atoms with Gasteiger partial charge in [0.15, 0.2) is 11.0 Å². The van der Waals surface area contributed by atoms with Crippen LogP contribution in [0.15, 0.2) is 29.4 Å². The van der Waals surface area contributed by atoms with Gasteiger partial charge in [0.1, 0.15) is 5.75 Å². The van der Waals surface area contributed by atoms with Crippen molar-refractivity contribution < 1.29 is 9.53 Å². The number of amides is 1. The molecule has 0 aliphatic carbocycles. The normalized spacial score (nSPS) is 19.6. The number of benzene rings is 1. The van der Waals surface area contributed by atoms with Crippen LogP contribution in [0.4, 0.5) is 0 Å². The molecule has 6 nitrogen and oxygen atoms in total. The Kier molecular flexibility index (Phi) is 7.22. The van der Waals surface area contributed by atoms with E-state index in [9.17, 15) is 4.79 Å². The zero-order chi connectivity index (χ0) is 21.0. The first-order valence-electron chi connectivity index (χ1n) is 10.4. The summed E-state index contributed by atoms with van der Waals surface area (Å²) in [6, 6.07) is 7.85. The van der Waals surface area contributed by atoms with Crippen LogP contribution in [0.1, 0.15) is 34.1 Å². The summed E-state index contributed by atoms with van der Waals surface area (Å²) in [5.41, 5.74) is 0.996. The van der Waals surface area contributed by atoms with Crippen LogP contribution in [0.3, 0.4) is 0 Å². The molecule has 29 heavy (non-hydrogen) atoms. The molecule has 0 radical (unpaired) electrons. The van der Waals surface area contributed by atoms with Crippen molar-refractivity contribution in [3.05, 3.63) is 24.3 Å². The van der Waals surface area contributed by atoms with Crippen LogP contribution < -0.4 is 4.74 Å². The molecule has 158 valence electrons. The van der Waals surface area contributed by atoms with E-state index < -0.39 is 0 Å². The summed E-state index contributed by atoms with van der Waals surface area (Å²) in [7, 11) is 1.66. The molecule has 0 saturated carbocycles. The molecule has 0 spiro atoms. The van der Waals surface area contributed by atoms with Crippen LogP contribution in [0.25, 0.3) is 11.4 Å². The van der Waals surface area contributed by atoms with E-state index in [4.69, 9.17) is 4.74 Å². The quantitative estimate of drug-likeness (QED) is 0.633. The topological polar surface area (TPSA) is 60.3 Å². The second-order valence-electron chi connectivity index (χ2n) is 8.57. The average molecular weight is 417 g/mol. The summed E-state index contributed by atoms with van der Waals surface area (Å²) < 4.78 is 7.38. The Hall–Kier alpha value is -2.02. The maximum Gasteiger partial charge on any atom is 0.233 e. The third kappa shape index (κ3) is 5.53. The molecule has 1 aliphatic rings. The van der Waals surface area contributed by atoms with Crippen molar-refractivity contribution in [3.8, 4) is 17.1 Å². The second-order valence-corrected chi connectivity index (χ2v) is 9.52. The molecule has 2 unspecified atom stereocenters. The van der Waals surface area contributed by atoms with E-state index in [2.05, 4.69) is 42.5 Å². The molecule has 2 heterocycles. The van der Waals surface area contributed by atoms with Crippen LogP contribution in [0.5, 0.6) is 5.75 Å². The number of methoxy groups -OCH3 is 1. The molecule has 1 saturated heterocycles. The summed E-state index contributed by atoms with van der Waals surface area (Å²) in [6.07, 6.45) is 1.20. The molecule has 1 aromatic heterocycles. The summed E-state index contributed by atoms with van der Waals surface area (Å²) in [5.74, 6) is 3.82. The number of thioether (sulfide) groups is 1. The first kappa shape index (κ1) is 21.7. The Balaban J connectivity index is 1.74. The molecule has 2 aromatic rings. The fourth-order valence-electron chi connectivity index (χ4n) is 3.96. The fraction of sp³-hybridized carbons (Fsp3) is 0.591. The number of carbonyl (C=O) groups is 1. The number of hydrogen-bond acceptors (Lipinski definition) is 5. The second kappa shape index (κ2) is 9.65. The minimum Gasteiger partial charge on any atom is -0.497 e. The van der Waals surface area contributed by atoms with Crippen LogP contribution >= 0.6 is 11.8 Å². The van der Waals surface area contributed by atoms with E-state index >= 15 is 0 Å². The van der Waals surface area contributed by atoms with Crippen molar-refractivity contribution in [2.45, 2.75) is 45.8 Å². The Morgan fingerprint density at radius 2 is 1.83 bits per heavy atom. The Morgan fingerprint density at radius 1 is 1.17 bits per heavy atom. The summed E-state index contributed by atoms with van der Waals surface area (Å²) in [4.78, 5) is 14.8. The average Bonchev–Trinajstić information content (AvgIpc) is 3.07. The lowest BCUT2D eigenvalue weighted by Gasteiger charge is -2.35. The van der Waals surface area contributed by atoms with Gasteiger partial charge in [0.05, 0.1) is 12.9 Å². The molecule has 7 heteroatoms. The van der Waals surface area contributed by atoms with E-state index in [1.54, 1.807) is 7.11 Å². The van der Waals surface area contributed by atoms with Crippen molar-refractivity contribution in [3.63, 3.8) is 0 Å². The SMILES string of the molecule is COc1ccc(-c2nnc(SCC(=O)N3CC(C)CC(C)C3)n2CC(C)C)cc1. The van der Waals surface area contributed by atoms with Gasteiger partial charge in [0.25, 0.3) is 0 Å². The first-order valence-corrected chi connectivity index (χ1v) is 11.3. The van der Waals surface area contributed by atoms with Gasteiger partial charge in [0, 0.05) is 25.2 Å². The van der Waals surface area contributed by atoms with Gasteiger partial charge in [-0.25, -0.2) is 0 Å². The van der Waals surface area contributed by atoms with Crippen LogP contribution in [0, 0.1) is 17.8 Å². The lowest BCUT2D eigenvalue weighted by atomic mass is 9.92.